The van der Waals surface area contributed by atoms with Crippen LogP contribution in [0.15, 0.2) is 52.9 Å². The van der Waals surface area contributed by atoms with E-state index in [1.165, 1.54) is 12.1 Å². The van der Waals surface area contributed by atoms with E-state index >= 15 is 0 Å². The van der Waals surface area contributed by atoms with E-state index in [9.17, 15) is 9.18 Å². The molecule has 2 aromatic carbocycles. The van der Waals surface area contributed by atoms with E-state index in [4.69, 9.17) is 16.0 Å². The number of amides is 1. The molecule has 122 valence electrons. The van der Waals surface area contributed by atoms with Crippen LogP contribution in [0.4, 0.5) is 4.39 Å². The number of hydrogen-bond donors (Lipinski definition) is 1. The second kappa shape index (κ2) is 7.23. The summed E-state index contributed by atoms with van der Waals surface area (Å²) in [5.74, 6) is 0.0111. The minimum absolute atomic E-state index is 0.109. The summed E-state index contributed by atoms with van der Waals surface area (Å²) in [5, 5.41) is 11.0. The molecule has 0 spiro atoms. The quantitative estimate of drug-likeness (QED) is 0.769. The number of halogens is 2. The van der Waals surface area contributed by atoms with E-state index in [2.05, 4.69) is 15.5 Å². The van der Waals surface area contributed by atoms with Crippen molar-refractivity contribution in [3.05, 3.63) is 70.8 Å². The lowest BCUT2D eigenvalue weighted by atomic mass is 10.1. The number of aromatic nitrogens is 2. The van der Waals surface area contributed by atoms with Crippen molar-refractivity contribution >= 4 is 17.5 Å². The van der Waals surface area contributed by atoms with Crippen LogP contribution in [0.25, 0.3) is 11.5 Å². The monoisotopic (exact) mass is 345 g/mol. The maximum Gasteiger partial charge on any atom is 0.249 e. The summed E-state index contributed by atoms with van der Waals surface area (Å²) in [6.45, 7) is 0.109. The average Bonchev–Trinajstić information content (AvgIpc) is 3.04. The van der Waals surface area contributed by atoms with Crippen LogP contribution in [0.2, 0.25) is 5.02 Å². The molecule has 1 N–H and O–H groups in total. The lowest BCUT2D eigenvalue weighted by molar-refractivity contribution is -0.120. The van der Waals surface area contributed by atoms with Gasteiger partial charge < -0.3 is 9.73 Å². The van der Waals surface area contributed by atoms with E-state index in [-0.39, 0.29) is 30.6 Å². The molecule has 24 heavy (non-hydrogen) atoms. The van der Waals surface area contributed by atoms with Gasteiger partial charge in [0.25, 0.3) is 0 Å². The summed E-state index contributed by atoms with van der Waals surface area (Å²) >= 11 is 6.07. The van der Waals surface area contributed by atoms with Crippen LogP contribution < -0.4 is 5.32 Å². The largest absolute Gasteiger partial charge is 0.419 e. The third-order valence-electron chi connectivity index (χ3n) is 3.29. The van der Waals surface area contributed by atoms with Crippen molar-refractivity contribution in [2.75, 3.05) is 0 Å². The lowest BCUT2D eigenvalue weighted by Crippen LogP contribution is -2.24. The SMILES string of the molecule is O=C(Cc1ccc(F)cc1)NCc1nnc(-c2ccccc2Cl)o1. The first kappa shape index (κ1) is 16.1. The Labute approximate surface area is 142 Å². The van der Waals surface area contributed by atoms with Crippen molar-refractivity contribution in [2.24, 2.45) is 0 Å². The standard InChI is InChI=1S/C17H13ClFN3O2/c18-14-4-2-1-3-13(14)17-22-21-16(24-17)10-20-15(23)9-11-5-7-12(19)8-6-11/h1-8H,9-10H2,(H,20,23). The second-order valence-corrected chi connectivity index (χ2v) is 5.47. The molecular formula is C17H13ClFN3O2. The summed E-state index contributed by atoms with van der Waals surface area (Å²) in [4.78, 5) is 11.9. The zero-order valence-corrected chi connectivity index (χ0v) is 13.3. The summed E-state index contributed by atoms with van der Waals surface area (Å²) in [6, 6.07) is 12.9. The van der Waals surface area contributed by atoms with Gasteiger partial charge >= 0.3 is 0 Å². The Balaban J connectivity index is 1.58. The van der Waals surface area contributed by atoms with Crippen molar-refractivity contribution in [1.82, 2.24) is 15.5 Å². The predicted octanol–water partition coefficient (Wildman–Crippen LogP) is 3.39. The zero-order valence-electron chi connectivity index (χ0n) is 12.5. The van der Waals surface area contributed by atoms with E-state index in [0.717, 1.165) is 5.56 Å². The number of hydrogen-bond acceptors (Lipinski definition) is 4. The minimum Gasteiger partial charge on any atom is -0.419 e. The Morgan fingerprint density at radius 2 is 1.88 bits per heavy atom. The maximum absolute atomic E-state index is 12.8. The van der Waals surface area contributed by atoms with Crippen molar-refractivity contribution in [2.45, 2.75) is 13.0 Å². The highest BCUT2D eigenvalue weighted by Crippen LogP contribution is 2.26. The minimum atomic E-state index is -0.336. The van der Waals surface area contributed by atoms with Crippen LogP contribution in [0, 0.1) is 5.82 Å². The molecule has 1 amide bonds. The van der Waals surface area contributed by atoms with Gasteiger partial charge in [0.2, 0.25) is 17.7 Å². The van der Waals surface area contributed by atoms with Crippen LogP contribution in [0.3, 0.4) is 0 Å². The number of benzene rings is 2. The molecule has 0 aliphatic heterocycles. The molecule has 5 nitrogen and oxygen atoms in total. The van der Waals surface area contributed by atoms with Gasteiger partial charge in [-0.05, 0) is 29.8 Å². The van der Waals surface area contributed by atoms with E-state index in [1.54, 1.807) is 30.3 Å². The van der Waals surface area contributed by atoms with Gasteiger partial charge in [-0.15, -0.1) is 10.2 Å². The number of nitrogens with one attached hydrogen (secondary N) is 1. The van der Waals surface area contributed by atoms with Gasteiger partial charge in [0.15, 0.2) is 0 Å². The van der Waals surface area contributed by atoms with E-state index in [0.29, 0.717) is 16.5 Å². The van der Waals surface area contributed by atoms with Crippen LogP contribution in [-0.4, -0.2) is 16.1 Å². The molecule has 0 fully saturated rings. The molecule has 0 unspecified atom stereocenters. The van der Waals surface area contributed by atoms with E-state index < -0.39 is 0 Å². The number of rotatable bonds is 5. The Morgan fingerprint density at radius 3 is 2.62 bits per heavy atom. The van der Waals surface area contributed by atoms with Crippen LogP contribution in [0.5, 0.6) is 0 Å². The van der Waals surface area contributed by atoms with Gasteiger partial charge in [0, 0.05) is 0 Å². The molecule has 1 heterocycles. The van der Waals surface area contributed by atoms with Crippen molar-refractivity contribution in [3.63, 3.8) is 0 Å². The molecule has 0 aliphatic carbocycles. The molecule has 0 atom stereocenters. The summed E-state index contributed by atoms with van der Waals surface area (Å²) in [7, 11) is 0. The van der Waals surface area contributed by atoms with Gasteiger partial charge in [0.05, 0.1) is 23.6 Å². The maximum atomic E-state index is 12.8. The third-order valence-corrected chi connectivity index (χ3v) is 3.62. The molecule has 3 rings (SSSR count). The highest BCUT2D eigenvalue weighted by molar-refractivity contribution is 6.33. The fourth-order valence-corrected chi connectivity index (χ4v) is 2.31. The molecule has 0 radical (unpaired) electrons. The number of carbonyl (C=O) groups is 1. The van der Waals surface area contributed by atoms with Gasteiger partial charge in [0.1, 0.15) is 5.82 Å². The van der Waals surface area contributed by atoms with Crippen molar-refractivity contribution in [1.29, 1.82) is 0 Å². The van der Waals surface area contributed by atoms with Crippen LogP contribution in [-0.2, 0) is 17.8 Å². The molecule has 0 aliphatic rings. The first-order chi connectivity index (χ1) is 11.6. The predicted molar refractivity (Wildman–Crippen MR) is 86.7 cm³/mol. The topological polar surface area (TPSA) is 68.0 Å². The summed E-state index contributed by atoms with van der Waals surface area (Å²) in [6.07, 6.45) is 0.145. The molecule has 0 bridgehead atoms. The van der Waals surface area contributed by atoms with Gasteiger partial charge in [-0.1, -0.05) is 35.9 Å². The summed E-state index contributed by atoms with van der Waals surface area (Å²) in [5.41, 5.74) is 1.35. The highest BCUT2D eigenvalue weighted by Gasteiger charge is 2.12. The van der Waals surface area contributed by atoms with Gasteiger partial charge in [-0.3, -0.25) is 4.79 Å². The smallest absolute Gasteiger partial charge is 0.249 e. The Kier molecular flexibility index (Phi) is 4.86. The molecule has 7 heteroatoms. The fourth-order valence-electron chi connectivity index (χ4n) is 2.09. The van der Waals surface area contributed by atoms with Gasteiger partial charge in [-0.2, -0.15) is 0 Å². The Hall–Kier alpha value is -2.73. The lowest BCUT2D eigenvalue weighted by Gasteiger charge is -2.02. The molecule has 0 saturated carbocycles. The van der Waals surface area contributed by atoms with Crippen LogP contribution >= 0.6 is 11.6 Å². The molecule has 3 aromatic rings. The Bertz CT molecular complexity index is 849. The second-order valence-electron chi connectivity index (χ2n) is 5.06. The first-order valence-corrected chi connectivity index (χ1v) is 7.58. The summed E-state index contributed by atoms with van der Waals surface area (Å²) < 4.78 is 18.3. The molecule has 1 aromatic heterocycles. The zero-order chi connectivity index (χ0) is 16.9. The third kappa shape index (κ3) is 3.97. The van der Waals surface area contributed by atoms with Crippen LogP contribution in [0.1, 0.15) is 11.5 Å². The molecular weight excluding hydrogens is 333 g/mol. The van der Waals surface area contributed by atoms with E-state index in [1.807, 2.05) is 6.07 Å². The fraction of sp³-hybridized carbons (Fsp3) is 0.118. The number of carbonyl (C=O) groups excluding carboxylic acids is 1. The average molecular weight is 346 g/mol. The molecule has 0 saturated heterocycles. The highest BCUT2D eigenvalue weighted by atomic mass is 35.5. The number of nitrogens with zero attached hydrogens (tertiary/aromatic N) is 2. The van der Waals surface area contributed by atoms with Crippen molar-refractivity contribution < 1.29 is 13.6 Å². The normalized spacial score (nSPS) is 10.6. The van der Waals surface area contributed by atoms with Crippen molar-refractivity contribution in [3.8, 4) is 11.5 Å². The van der Waals surface area contributed by atoms with Gasteiger partial charge in [-0.25, -0.2) is 4.39 Å². The Morgan fingerprint density at radius 1 is 1.12 bits per heavy atom. The first-order valence-electron chi connectivity index (χ1n) is 7.20.